The fourth-order valence-corrected chi connectivity index (χ4v) is 2.12. The van der Waals surface area contributed by atoms with Crippen LogP contribution in [0, 0.1) is 5.92 Å². The summed E-state index contributed by atoms with van der Waals surface area (Å²) in [4.78, 5) is 26.8. The Labute approximate surface area is 140 Å². The number of pyridine rings is 1. The molecule has 1 unspecified atom stereocenters. The van der Waals surface area contributed by atoms with Gasteiger partial charge in [0.1, 0.15) is 12.4 Å². The molecule has 0 spiro atoms. The molecule has 1 atom stereocenters. The molecule has 1 aromatic carbocycles. The predicted molar refractivity (Wildman–Crippen MR) is 88.8 cm³/mol. The van der Waals surface area contributed by atoms with Gasteiger partial charge in [0.05, 0.1) is 0 Å². The topological polar surface area (TPSA) is 88.5 Å². The van der Waals surface area contributed by atoms with E-state index in [0.717, 1.165) is 5.56 Å². The number of nitrogens with zero attached hydrogens (tertiary/aromatic N) is 1. The molecule has 6 nitrogen and oxygen atoms in total. The number of carboxylic acid groups (broad SMARTS) is 1. The zero-order valence-corrected chi connectivity index (χ0v) is 13.4. The Morgan fingerprint density at radius 3 is 2.83 bits per heavy atom. The summed E-state index contributed by atoms with van der Waals surface area (Å²) < 4.78 is 5.66. The van der Waals surface area contributed by atoms with Crippen molar-refractivity contribution in [3.8, 4) is 5.75 Å². The molecule has 126 valence electrons. The maximum absolute atomic E-state index is 12.1. The molecule has 0 aliphatic heterocycles. The molecule has 0 saturated carbocycles. The minimum absolute atomic E-state index is 0.0224. The summed E-state index contributed by atoms with van der Waals surface area (Å²) >= 11 is 0. The standard InChI is InChI=1S/C18H20N2O4/c1-13(8-17(21)22)10-20-18(23)15-5-2-6-16(9-15)24-12-14-4-3-7-19-11-14/h2-7,9,11,13H,8,10,12H2,1H3,(H,20,23)(H,21,22). The Hall–Kier alpha value is -2.89. The Morgan fingerprint density at radius 2 is 2.12 bits per heavy atom. The lowest BCUT2D eigenvalue weighted by atomic mass is 10.1. The average Bonchev–Trinajstić information content (AvgIpc) is 2.58. The Kier molecular flexibility index (Phi) is 6.31. The molecule has 0 aliphatic carbocycles. The Bertz CT molecular complexity index is 688. The molecule has 0 aliphatic rings. The molecule has 2 rings (SSSR count). The number of carbonyl (C=O) groups excluding carboxylic acids is 1. The van der Waals surface area contributed by atoms with Crippen molar-refractivity contribution in [3.63, 3.8) is 0 Å². The molecular weight excluding hydrogens is 308 g/mol. The van der Waals surface area contributed by atoms with Gasteiger partial charge in [0.2, 0.25) is 0 Å². The van der Waals surface area contributed by atoms with Crippen LogP contribution in [0.2, 0.25) is 0 Å². The zero-order valence-electron chi connectivity index (χ0n) is 13.4. The predicted octanol–water partition coefficient (Wildman–Crippen LogP) is 2.50. The zero-order chi connectivity index (χ0) is 17.4. The summed E-state index contributed by atoms with van der Waals surface area (Å²) in [7, 11) is 0. The first-order valence-electron chi connectivity index (χ1n) is 7.66. The molecule has 2 aromatic rings. The van der Waals surface area contributed by atoms with Crippen LogP contribution in [0.25, 0.3) is 0 Å². The molecule has 0 saturated heterocycles. The van der Waals surface area contributed by atoms with Gasteiger partial charge in [-0.2, -0.15) is 0 Å². The van der Waals surface area contributed by atoms with Crippen molar-refractivity contribution < 1.29 is 19.4 Å². The summed E-state index contributed by atoms with van der Waals surface area (Å²) in [6.45, 7) is 2.46. The quantitative estimate of drug-likeness (QED) is 0.777. The van der Waals surface area contributed by atoms with E-state index in [0.29, 0.717) is 24.5 Å². The first-order valence-corrected chi connectivity index (χ1v) is 7.66. The van der Waals surface area contributed by atoms with Crippen LogP contribution in [0.1, 0.15) is 29.3 Å². The van der Waals surface area contributed by atoms with Gasteiger partial charge in [-0.3, -0.25) is 14.6 Å². The van der Waals surface area contributed by atoms with Gasteiger partial charge >= 0.3 is 5.97 Å². The molecule has 6 heteroatoms. The minimum atomic E-state index is -0.873. The fourth-order valence-electron chi connectivity index (χ4n) is 2.12. The third-order valence-electron chi connectivity index (χ3n) is 3.36. The van der Waals surface area contributed by atoms with Crippen molar-refractivity contribution in [2.45, 2.75) is 20.0 Å². The highest BCUT2D eigenvalue weighted by atomic mass is 16.5. The number of hydrogen-bond donors (Lipinski definition) is 2. The van der Waals surface area contributed by atoms with Crippen LogP contribution in [-0.2, 0) is 11.4 Å². The van der Waals surface area contributed by atoms with E-state index in [1.54, 1.807) is 43.6 Å². The van der Waals surface area contributed by atoms with Gasteiger partial charge in [0.15, 0.2) is 0 Å². The maximum Gasteiger partial charge on any atom is 0.303 e. The van der Waals surface area contributed by atoms with Crippen molar-refractivity contribution in [2.75, 3.05) is 6.54 Å². The lowest BCUT2D eigenvalue weighted by molar-refractivity contribution is -0.137. The Balaban J connectivity index is 1.89. The number of carboxylic acids is 1. The van der Waals surface area contributed by atoms with Crippen molar-refractivity contribution in [3.05, 3.63) is 59.9 Å². The number of benzene rings is 1. The monoisotopic (exact) mass is 328 g/mol. The second-order valence-corrected chi connectivity index (χ2v) is 5.59. The summed E-state index contributed by atoms with van der Waals surface area (Å²) in [5.74, 6) is -0.664. The first-order chi connectivity index (χ1) is 11.5. The number of rotatable bonds is 8. The van der Waals surface area contributed by atoms with E-state index in [1.165, 1.54) is 0 Å². The Morgan fingerprint density at radius 1 is 1.29 bits per heavy atom. The third kappa shape index (κ3) is 5.72. The van der Waals surface area contributed by atoms with E-state index in [4.69, 9.17) is 9.84 Å². The van der Waals surface area contributed by atoms with Crippen molar-refractivity contribution in [1.29, 1.82) is 0 Å². The van der Waals surface area contributed by atoms with Gasteiger partial charge in [0.25, 0.3) is 5.91 Å². The van der Waals surface area contributed by atoms with Crippen molar-refractivity contribution in [2.24, 2.45) is 5.92 Å². The van der Waals surface area contributed by atoms with Crippen LogP contribution in [0.3, 0.4) is 0 Å². The number of aromatic nitrogens is 1. The van der Waals surface area contributed by atoms with Gasteiger partial charge < -0.3 is 15.2 Å². The second kappa shape index (κ2) is 8.67. The molecule has 24 heavy (non-hydrogen) atoms. The van der Waals surface area contributed by atoms with E-state index in [-0.39, 0.29) is 18.2 Å². The van der Waals surface area contributed by atoms with Gasteiger partial charge in [-0.25, -0.2) is 0 Å². The number of carbonyl (C=O) groups is 2. The van der Waals surface area contributed by atoms with Crippen LogP contribution in [0.5, 0.6) is 5.75 Å². The molecular formula is C18H20N2O4. The van der Waals surface area contributed by atoms with Crippen LogP contribution in [-0.4, -0.2) is 28.5 Å². The van der Waals surface area contributed by atoms with E-state index >= 15 is 0 Å². The summed E-state index contributed by atoms with van der Waals surface area (Å²) in [6, 6.07) is 10.6. The maximum atomic E-state index is 12.1. The van der Waals surface area contributed by atoms with Crippen molar-refractivity contribution >= 4 is 11.9 Å². The first kappa shape index (κ1) is 17.5. The van der Waals surface area contributed by atoms with E-state index < -0.39 is 5.97 Å². The van der Waals surface area contributed by atoms with Crippen LogP contribution >= 0.6 is 0 Å². The van der Waals surface area contributed by atoms with Gasteiger partial charge in [-0.05, 0) is 30.2 Å². The number of ether oxygens (including phenoxy) is 1. The molecule has 1 heterocycles. The van der Waals surface area contributed by atoms with E-state index in [2.05, 4.69) is 10.3 Å². The lowest BCUT2D eigenvalue weighted by Crippen LogP contribution is -2.29. The van der Waals surface area contributed by atoms with E-state index in [9.17, 15) is 9.59 Å². The van der Waals surface area contributed by atoms with Gasteiger partial charge in [0, 0.05) is 36.5 Å². The van der Waals surface area contributed by atoms with Crippen LogP contribution in [0.15, 0.2) is 48.8 Å². The van der Waals surface area contributed by atoms with Crippen molar-refractivity contribution in [1.82, 2.24) is 10.3 Å². The lowest BCUT2D eigenvalue weighted by Gasteiger charge is -2.11. The fraction of sp³-hybridized carbons (Fsp3) is 0.278. The summed E-state index contributed by atoms with van der Waals surface area (Å²) in [5, 5.41) is 11.5. The largest absolute Gasteiger partial charge is 0.489 e. The summed E-state index contributed by atoms with van der Waals surface area (Å²) in [5.41, 5.74) is 1.41. The van der Waals surface area contributed by atoms with Crippen LogP contribution in [0.4, 0.5) is 0 Å². The van der Waals surface area contributed by atoms with Crippen LogP contribution < -0.4 is 10.1 Å². The smallest absolute Gasteiger partial charge is 0.303 e. The number of aliphatic carboxylic acids is 1. The van der Waals surface area contributed by atoms with Gasteiger partial charge in [-0.15, -0.1) is 0 Å². The van der Waals surface area contributed by atoms with Gasteiger partial charge in [-0.1, -0.05) is 19.1 Å². The molecule has 2 N–H and O–H groups in total. The van der Waals surface area contributed by atoms with E-state index in [1.807, 2.05) is 12.1 Å². The SMILES string of the molecule is CC(CNC(=O)c1cccc(OCc2cccnc2)c1)CC(=O)O. The molecule has 0 radical (unpaired) electrons. The molecule has 0 bridgehead atoms. The molecule has 1 aromatic heterocycles. The molecule has 0 fully saturated rings. The number of hydrogen-bond acceptors (Lipinski definition) is 4. The number of nitrogens with one attached hydrogen (secondary N) is 1. The third-order valence-corrected chi connectivity index (χ3v) is 3.36. The minimum Gasteiger partial charge on any atom is -0.489 e. The number of amides is 1. The highest BCUT2D eigenvalue weighted by Gasteiger charge is 2.11. The second-order valence-electron chi connectivity index (χ2n) is 5.59. The summed E-state index contributed by atoms with van der Waals surface area (Å²) in [6.07, 6.45) is 3.44. The highest BCUT2D eigenvalue weighted by Crippen LogP contribution is 2.15. The normalized spacial score (nSPS) is 11.5. The molecule has 1 amide bonds. The average molecular weight is 328 g/mol. The highest BCUT2D eigenvalue weighted by molar-refractivity contribution is 5.94.